The van der Waals surface area contributed by atoms with Gasteiger partial charge in [0.2, 0.25) is 0 Å². The summed E-state index contributed by atoms with van der Waals surface area (Å²) in [6, 6.07) is 5.95. The number of benzene rings is 1. The van der Waals surface area contributed by atoms with Crippen LogP contribution in [0.15, 0.2) is 18.2 Å². The van der Waals surface area contributed by atoms with E-state index in [2.05, 4.69) is 17.9 Å². The van der Waals surface area contributed by atoms with Crippen LogP contribution in [0.1, 0.15) is 18.1 Å². The van der Waals surface area contributed by atoms with Gasteiger partial charge in [-0.1, -0.05) is 12.1 Å². The third-order valence-electron chi connectivity index (χ3n) is 2.94. The highest BCUT2D eigenvalue weighted by Gasteiger charge is 2.20. The molecule has 0 unspecified atom stereocenters. The second kappa shape index (κ2) is 3.93. The Hall–Kier alpha value is -1.51. The molecule has 1 aliphatic rings. The van der Waals surface area contributed by atoms with Crippen molar-refractivity contribution in [3.8, 4) is 0 Å². The number of aliphatic carboxylic acids is 1. The van der Waals surface area contributed by atoms with E-state index in [4.69, 9.17) is 5.11 Å². The average molecular weight is 205 g/mol. The molecule has 0 saturated carbocycles. The molecule has 3 heteroatoms. The highest BCUT2D eigenvalue weighted by molar-refractivity contribution is 5.73. The number of nitrogens with zero attached hydrogens (tertiary/aromatic N) is 1. The molecule has 1 aliphatic heterocycles. The van der Waals surface area contributed by atoms with Gasteiger partial charge in [-0.05, 0) is 30.5 Å². The summed E-state index contributed by atoms with van der Waals surface area (Å²) < 4.78 is 0. The van der Waals surface area contributed by atoms with Crippen molar-refractivity contribution in [3.63, 3.8) is 0 Å². The van der Waals surface area contributed by atoms with E-state index < -0.39 is 5.97 Å². The summed E-state index contributed by atoms with van der Waals surface area (Å²) in [5.74, 6) is -0.752. The molecule has 0 aromatic heterocycles. The lowest BCUT2D eigenvalue weighted by Gasteiger charge is -2.16. The van der Waals surface area contributed by atoms with E-state index in [-0.39, 0.29) is 6.42 Å². The molecule has 1 aromatic rings. The fourth-order valence-corrected chi connectivity index (χ4v) is 2.23. The number of anilines is 1. The molecule has 0 amide bonds. The van der Waals surface area contributed by atoms with Gasteiger partial charge in [-0.15, -0.1) is 0 Å². The van der Waals surface area contributed by atoms with Crippen LogP contribution in [0.25, 0.3) is 0 Å². The minimum absolute atomic E-state index is 0.140. The predicted octanol–water partition coefficient (Wildman–Crippen LogP) is 1.70. The number of rotatable bonds is 3. The molecule has 0 spiro atoms. The molecule has 1 N–H and O–H groups in total. The summed E-state index contributed by atoms with van der Waals surface area (Å²) >= 11 is 0. The second-order valence-electron chi connectivity index (χ2n) is 3.81. The smallest absolute Gasteiger partial charge is 0.307 e. The highest BCUT2D eigenvalue weighted by Crippen LogP contribution is 2.30. The van der Waals surface area contributed by atoms with Crippen molar-refractivity contribution < 1.29 is 9.90 Å². The van der Waals surface area contributed by atoms with Crippen LogP contribution in [0.5, 0.6) is 0 Å². The van der Waals surface area contributed by atoms with Crippen molar-refractivity contribution in [2.24, 2.45) is 0 Å². The Morgan fingerprint density at radius 2 is 2.33 bits per heavy atom. The molecule has 0 saturated heterocycles. The van der Waals surface area contributed by atoms with Gasteiger partial charge in [0.1, 0.15) is 0 Å². The Morgan fingerprint density at radius 3 is 3.00 bits per heavy atom. The van der Waals surface area contributed by atoms with Crippen LogP contribution in [0, 0.1) is 0 Å². The summed E-state index contributed by atoms with van der Waals surface area (Å²) in [6.07, 6.45) is 1.12. The first-order valence-electron chi connectivity index (χ1n) is 5.30. The minimum atomic E-state index is -0.752. The quantitative estimate of drug-likeness (QED) is 0.816. The van der Waals surface area contributed by atoms with Crippen LogP contribution in [0.3, 0.4) is 0 Å². The van der Waals surface area contributed by atoms with Crippen LogP contribution in [0.4, 0.5) is 5.69 Å². The Labute approximate surface area is 89.3 Å². The molecule has 80 valence electrons. The van der Waals surface area contributed by atoms with E-state index in [1.54, 1.807) is 0 Å². The van der Waals surface area contributed by atoms with E-state index >= 15 is 0 Å². The number of carbonyl (C=O) groups is 1. The van der Waals surface area contributed by atoms with Gasteiger partial charge in [-0.2, -0.15) is 0 Å². The number of hydrogen-bond donors (Lipinski definition) is 1. The first-order valence-corrected chi connectivity index (χ1v) is 5.30. The van der Waals surface area contributed by atoms with Crippen molar-refractivity contribution in [2.75, 3.05) is 18.0 Å². The normalized spacial score (nSPS) is 14.1. The minimum Gasteiger partial charge on any atom is -0.481 e. The molecule has 3 nitrogen and oxygen atoms in total. The molecule has 0 atom stereocenters. The molecule has 15 heavy (non-hydrogen) atoms. The van der Waals surface area contributed by atoms with Crippen molar-refractivity contribution in [2.45, 2.75) is 19.8 Å². The van der Waals surface area contributed by atoms with Crippen molar-refractivity contribution in [1.82, 2.24) is 0 Å². The van der Waals surface area contributed by atoms with Gasteiger partial charge in [-0.3, -0.25) is 4.79 Å². The van der Waals surface area contributed by atoms with Gasteiger partial charge in [0, 0.05) is 18.8 Å². The van der Waals surface area contributed by atoms with Crippen LogP contribution in [-0.4, -0.2) is 24.2 Å². The van der Waals surface area contributed by atoms with Crippen molar-refractivity contribution >= 4 is 11.7 Å². The molecule has 2 rings (SSSR count). The van der Waals surface area contributed by atoms with Crippen LogP contribution >= 0.6 is 0 Å². The zero-order valence-corrected chi connectivity index (χ0v) is 8.86. The summed E-state index contributed by atoms with van der Waals surface area (Å²) in [5.41, 5.74) is 3.41. The molecule has 0 fully saturated rings. The zero-order chi connectivity index (χ0) is 10.8. The third kappa shape index (κ3) is 1.82. The van der Waals surface area contributed by atoms with E-state index in [0.29, 0.717) is 0 Å². The topological polar surface area (TPSA) is 40.5 Å². The van der Waals surface area contributed by atoms with Gasteiger partial charge in [0.05, 0.1) is 6.42 Å². The number of likely N-dealkylation sites (N-methyl/N-ethyl adjacent to an activating group) is 1. The van der Waals surface area contributed by atoms with Gasteiger partial charge in [-0.25, -0.2) is 0 Å². The maximum Gasteiger partial charge on any atom is 0.307 e. The van der Waals surface area contributed by atoms with E-state index in [1.165, 1.54) is 11.3 Å². The number of fused-ring (bicyclic) bond motifs is 1. The number of hydrogen-bond acceptors (Lipinski definition) is 2. The SMILES string of the molecule is CCN1CCc2c(CC(=O)O)cccc21. The number of carboxylic acid groups (broad SMARTS) is 1. The fourth-order valence-electron chi connectivity index (χ4n) is 2.23. The third-order valence-corrected chi connectivity index (χ3v) is 2.94. The number of carboxylic acids is 1. The lowest BCUT2D eigenvalue weighted by atomic mass is 10.0. The van der Waals surface area contributed by atoms with Gasteiger partial charge in [0.15, 0.2) is 0 Å². The van der Waals surface area contributed by atoms with Gasteiger partial charge < -0.3 is 10.0 Å². The molecular weight excluding hydrogens is 190 g/mol. The van der Waals surface area contributed by atoms with E-state index in [9.17, 15) is 4.79 Å². The summed E-state index contributed by atoms with van der Waals surface area (Å²) in [5, 5.41) is 8.81. The lowest BCUT2D eigenvalue weighted by molar-refractivity contribution is -0.136. The summed E-state index contributed by atoms with van der Waals surface area (Å²) in [6.45, 7) is 4.13. The summed E-state index contributed by atoms with van der Waals surface area (Å²) in [4.78, 5) is 13.0. The zero-order valence-electron chi connectivity index (χ0n) is 8.86. The largest absolute Gasteiger partial charge is 0.481 e. The van der Waals surface area contributed by atoms with E-state index in [1.807, 2.05) is 12.1 Å². The Bertz CT molecular complexity index is 387. The molecule has 1 heterocycles. The Balaban J connectivity index is 2.35. The van der Waals surface area contributed by atoms with Crippen LogP contribution < -0.4 is 4.90 Å². The lowest BCUT2D eigenvalue weighted by Crippen LogP contribution is -2.18. The standard InChI is InChI=1S/C12H15NO2/c1-2-13-7-6-10-9(8-12(14)15)4-3-5-11(10)13/h3-5H,2,6-8H2,1H3,(H,14,15). The molecule has 1 aromatic carbocycles. The maximum atomic E-state index is 10.7. The molecule has 0 bridgehead atoms. The monoisotopic (exact) mass is 205 g/mol. The average Bonchev–Trinajstić information content (AvgIpc) is 2.61. The molecular formula is C12H15NO2. The fraction of sp³-hybridized carbons (Fsp3) is 0.417. The van der Waals surface area contributed by atoms with E-state index in [0.717, 1.165) is 25.1 Å². The first kappa shape index (κ1) is 10.0. The second-order valence-corrected chi connectivity index (χ2v) is 3.81. The van der Waals surface area contributed by atoms with Gasteiger partial charge in [0.25, 0.3) is 0 Å². The molecule has 0 aliphatic carbocycles. The maximum absolute atomic E-state index is 10.7. The Morgan fingerprint density at radius 1 is 1.53 bits per heavy atom. The van der Waals surface area contributed by atoms with Crippen molar-refractivity contribution in [3.05, 3.63) is 29.3 Å². The van der Waals surface area contributed by atoms with Crippen LogP contribution in [0.2, 0.25) is 0 Å². The first-order chi connectivity index (χ1) is 7.22. The van der Waals surface area contributed by atoms with Crippen LogP contribution in [-0.2, 0) is 17.6 Å². The highest BCUT2D eigenvalue weighted by atomic mass is 16.4. The summed E-state index contributed by atoms with van der Waals surface area (Å²) in [7, 11) is 0. The molecule has 0 radical (unpaired) electrons. The Kier molecular flexibility index (Phi) is 2.62. The van der Waals surface area contributed by atoms with Gasteiger partial charge >= 0.3 is 5.97 Å². The predicted molar refractivity (Wildman–Crippen MR) is 59.4 cm³/mol. The van der Waals surface area contributed by atoms with Crippen molar-refractivity contribution in [1.29, 1.82) is 0 Å².